The molecule has 0 aliphatic heterocycles. The first-order chi connectivity index (χ1) is 22.6. The molecule has 1 unspecified atom stereocenters. The molecule has 0 aliphatic rings. The summed E-state index contributed by atoms with van der Waals surface area (Å²) in [5.41, 5.74) is 5.94. The fourth-order valence-corrected chi connectivity index (χ4v) is 5.63. The Balaban J connectivity index is 3.44. The molecule has 1 atom stereocenters. The lowest BCUT2D eigenvalue weighted by molar-refractivity contribution is -0.146. The van der Waals surface area contributed by atoms with Gasteiger partial charge in [-0.05, 0) is 70.6 Å². The van der Waals surface area contributed by atoms with Gasteiger partial charge in [-0.25, -0.2) is 0 Å². The molecule has 5 nitrogen and oxygen atoms in total. The maximum atomic E-state index is 12.1. The van der Waals surface area contributed by atoms with Crippen LogP contribution < -0.4 is 5.73 Å². The van der Waals surface area contributed by atoms with Crippen LogP contribution >= 0.6 is 0 Å². The zero-order chi connectivity index (χ0) is 33.6. The van der Waals surface area contributed by atoms with Gasteiger partial charge in [-0.1, -0.05) is 154 Å². The lowest BCUT2D eigenvalue weighted by Crippen LogP contribution is -2.33. The van der Waals surface area contributed by atoms with Gasteiger partial charge < -0.3 is 15.2 Å². The number of rotatable bonds is 36. The van der Waals surface area contributed by atoms with Crippen LogP contribution in [0.4, 0.5) is 0 Å². The van der Waals surface area contributed by atoms with Crippen LogP contribution in [0, 0.1) is 0 Å². The average Bonchev–Trinajstić information content (AvgIpc) is 3.06. The standard InChI is InChI=1S/C41H77NO4/c1-3-5-7-9-11-13-15-17-19-21-23-25-27-29-31-33-37-45-40(43)36-35-39(42)41(44)46-38-34-32-30-28-26-24-22-20-18-16-14-12-10-8-6-4-2/h17-20,39H,3-16,21-38,42H2,1-2H3. The van der Waals surface area contributed by atoms with Crippen molar-refractivity contribution in [2.24, 2.45) is 5.73 Å². The third kappa shape index (κ3) is 35.2. The minimum atomic E-state index is -0.757. The number of nitrogens with two attached hydrogens (primary N) is 1. The zero-order valence-electron chi connectivity index (χ0n) is 30.7. The highest BCUT2D eigenvalue weighted by Gasteiger charge is 2.17. The normalized spacial score (nSPS) is 12.3. The van der Waals surface area contributed by atoms with Crippen LogP contribution in [-0.2, 0) is 19.1 Å². The Labute approximate surface area is 286 Å². The summed E-state index contributed by atoms with van der Waals surface area (Å²) in [4.78, 5) is 24.1. The second-order valence-corrected chi connectivity index (χ2v) is 13.4. The number of allylic oxidation sites excluding steroid dienone is 4. The van der Waals surface area contributed by atoms with Gasteiger partial charge >= 0.3 is 11.9 Å². The Morgan fingerprint density at radius 1 is 0.478 bits per heavy atom. The van der Waals surface area contributed by atoms with E-state index < -0.39 is 12.0 Å². The maximum absolute atomic E-state index is 12.1. The van der Waals surface area contributed by atoms with E-state index in [4.69, 9.17) is 15.2 Å². The molecule has 0 rings (SSSR count). The molecule has 0 heterocycles. The molecule has 2 N–H and O–H groups in total. The number of unbranched alkanes of at least 4 members (excludes halogenated alkanes) is 24. The first-order valence-electron chi connectivity index (χ1n) is 20.0. The molecule has 0 aromatic heterocycles. The molecule has 5 heteroatoms. The molecule has 0 aliphatic carbocycles. The molecule has 0 fully saturated rings. The van der Waals surface area contributed by atoms with Crippen LogP contribution in [0.15, 0.2) is 24.3 Å². The number of esters is 2. The van der Waals surface area contributed by atoms with Crippen molar-refractivity contribution in [2.45, 2.75) is 213 Å². The van der Waals surface area contributed by atoms with Crippen LogP contribution in [0.3, 0.4) is 0 Å². The van der Waals surface area contributed by atoms with E-state index in [1.165, 1.54) is 154 Å². The fourth-order valence-electron chi connectivity index (χ4n) is 5.63. The zero-order valence-corrected chi connectivity index (χ0v) is 30.7. The van der Waals surface area contributed by atoms with Crippen LogP contribution in [0.5, 0.6) is 0 Å². The highest BCUT2D eigenvalue weighted by atomic mass is 16.5. The van der Waals surface area contributed by atoms with Crippen molar-refractivity contribution < 1.29 is 19.1 Å². The van der Waals surface area contributed by atoms with Gasteiger partial charge in [0.25, 0.3) is 0 Å². The van der Waals surface area contributed by atoms with Gasteiger partial charge in [-0.2, -0.15) is 0 Å². The predicted octanol–water partition coefficient (Wildman–Crippen LogP) is 12.3. The number of carbonyl (C=O) groups excluding carboxylic acids is 2. The summed E-state index contributed by atoms with van der Waals surface area (Å²) in [6.45, 7) is 5.40. The van der Waals surface area contributed by atoms with Crippen LogP contribution in [0.2, 0.25) is 0 Å². The summed E-state index contributed by atoms with van der Waals surface area (Å²) in [6.07, 6.45) is 45.0. The molecular formula is C41H77NO4. The average molecular weight is 648 g/mol. The summed E-state index contributed by atoms with van der Waals surface area (Å²) in [5.74, 6) is -0.682. The van der Waals surface area contributed by atoms with Crippen molar-refractivity contribution in [1.29, 1.82) is 0 Å². The number of carbonyl (C=O) groups is 2. The van der Waals surface area contributed by atoms with Gasteiger partial charge in [0.1, 0.15) is 6.04 Å². The number of hydrogen-bond donors (Lipinski definition) is 1. The van der Waals surface area contributed by atoms with Gasteiger partial charge in [-0.3, -0.25) is 9.59 Å². The minimum absolute atomic E-state index is 0.164. The SMILES string of the molecule is CCCCCCCCC=CCCCCCCCCOC(=O)CCC(N)C(=O)OCCCCCCCCC=CCCCCCCCC. The summed E-state index contributed by atoms with van der Waals surface area (Å²) in [7, 11) is 0. The molecule has 0 aromatic carbocycles. The van der Waals surface area contributed by atoms with Crippen LogP contribution in [0.25, 0.3) is 0 Å². The molecular weight excluding hydrogens is 570 g/mol. The molecule has 0 saturated carbocycles. The van der Waals surface area contributed by atoms with E-state index in [-0.39, 0.29) is 18.8 Å². The van der Waals surface area contributed by atoms with E-state index >= 15 is 0 Å². The van der Waals surface area contributed by atoms with Crippen molar-refractivity contribution in [3.63, 3.8) is 0 Å². The van der Waals surface area contributed by atoms with Crippen molar-refractivity contribution in [2.75, 3.05) is 13.2 Å². The van der Waals surface area contributed by atoms with Gasteiger partial charge in [0.15, 0.2) is 0 Å². The van der Waals surface area contributed by atoms with Gasteiger partial charge in [0, 0.05) is 6.42 Å². The van der Waals surface area contributed by atoms with E-state index in [2.05, 4.69) is 38.2 Å². The summed E-state index contributed by atoms with van der Waals surface area (Å²) in [6, 6.07) is -0.757. The number of ether oxygens (including phenoxy) is 2. The molecule has 0 aromatic rings. The van der Waals surface area contributed by atoms with Crippen molar-refractivity contribution >= 4 is 11.9 Å². The lowest BCUT2D eigenvalue weighted by atomic mass is 10.1. The van der Waals surface area contributed by atoms with E-state index in [0.29, 0.717) is 13.2 Å². The Kier molecular flexibility index (Phi) is 36.5. The highest BCUT2D eigenvalue weighted by molar-refractivity contribution is 5.77. The second-order valence-electron chi connectivity index (χ2n) is 13.4. The van der Waals surface area contributed by atoms with E-state index in [1.807, 2.05) is 0 Å². The predicted molar refractivity (Wildman–Crippen MR) is 198 cm³/mol. The monoisotopic (exact) mass is 648 g/mol. The largest absolute Gasteiger partial charge is 0.466 e. The highest BCUT2D eigenvalue weighted by Crippen LogP contribution is 2.12. The Morgan fingerprint density at radius 3 is 1.20 bits per heavy atom. The molecule has 0 spiro atoms. The number of hydrogen-bond acceptors (Lipinski definition) is 5. The Morgan fingerprint density at radius 2 is 0.804 bits per heavy atom. The summed E-state index contributed by atoms with van der Waals surface area (Å²) < 4.78 is 10.7. The van der Waals surface area contributed by atoms with E-state index in [9.17, 15) is 9.59 Å². The topological polar surface area (TPSA) is 78.6 Å². The second kappa shape index (κ2) is 37.8. The first-order valence-corrected chi connectivity index (χ1v) is 20.0. The third-order valence-corrected chi connectivity index (χ3v) is 8.78. The van der Waals surface area contributed by atoms with Crippen molar-refractivity contribution in [3.05, 3.63) is 24.3 Å². The Bertz CT molecular complexity index is 705. The quantitative estimate of drug-likeness (QED) is 0.0416. The molecule has 0 amide bonds. The van der Waals surface area contributed by atoms with Gasteiger partial charge in [0.2, 0.25) is 0 Å². The van der Waals surface area contributed by atoms with Crippen molar-refractivity contribution in [3.8, 4) is 0 Å². The molecule has 46 heavy (non-hydrogen) atoms. The lowest BCUT2D eigenvalue weighted by Gasteiger charge is -2.11. The molecule has 270 valence electrons. The van der Waals surface area contributed by atoms with E-state index in [1.54, 1.807) is 0 Å². The third-order valence-electron chi connectivity index (χ3n) is 8.78. The summed E-state index contributed by atoms with van der Waals surface area (Å²) in [5, 5.41) is 0. The van der Waals surface area contributed by atoms with E-state index in [0.717, 1.165) is 25.7 Å². The first kappa shape index (κ1) is 44.4. The minimum Gasteiger partial charge on any atom is -0.466 e. The van der Waals surface area contributed by atoms with Crippen LogP contribution in [-0.4, -0.2) is 31.2 Å². The Hall–Kier alpha value is -1.62. The molecule has 0 bridgehead atoms. The molecule has 0 radical (unpaired) electrons. The fraction of sp³-hybridized carbons (Fsp3) is 0.854. The van der Waals surface area contributed by atoms with Gasteiger partial charge in [-0.15, -0.1) is 0 Å². The van der Waals surface area contributed by atoms with Gasteiger partial charge in [0.05, 0.1) is 13.2 Å². The maximum Gasteiger partial charge on any atom is 0.322 e. The molecule has 0 saturated heterocycles. The summed E-state index contributed by atoms with van der Waals surface area (Å²) >= 11 is 0. The smallest absolute Gasteiger partial charge is 0.322 e. The van der Waals surface area contributed by atoms with Crippen molar-refractivity contribution in [1.82, 2.24) is 0 Å². The van der Waals surface area contributed by atoms with Crippen LogP contribution in [0.1, 0.15) is 206 Å².